The van der Waals surface area contributed by atoms with Gasteiger partial charge in [-0.05, 0) is 0 Å². The third kappa shape index (κ3) is 0.467. The fourth-order valence-electron chi connectivity index (χ4n) is 0.458. The van der Waals surface area contributed by atoms with Gasteiger partial charge in [0.15, 0.2) is 0 Å². The van der Waals surface area contributed by atoms with Gasteiger partial charge in [0.25, 0.3) is 0 Å². The monoisotopic (exact) mass is 129 g/mol. The average Bonchev–Trinajstić information content (AvgIpc) is 2.12. The fraction of sp³-hybridized carbons (Fsp3) is 0. The maximum absolute atomic E-state index is 3.79. The summed E-state index contributed by atoms with van der Waals surface area (Å²) in [6.45, 7) is 0. The van der Waals surface area contributed by atoms with Gasteiger partial charge >= 0.3 is 0 Å². The standard InChI is InChI=1S/C2H3N5S/c1-2-3-5-7-8(1)6-4-2/h1,5,7H. The molecule has 2 bridgehead atoms. The van der Waals surface area contributed by atoms with Gasteiger partial charge in [-0.25, -0.2) is 5.53 Å². The molecule has 2 aliphatic rings. The molecule has 0 aromatic carbocycles. The zero-order chi connectivity index (χ0) is 5.40. The van der Waals surface area contributed by atoms with Crippen LogP contribution in [0, 0.1) is 0 Å². The summed E-state index contributed by atoms with van der Waals surface area (Å²) in [5.41, 5.74) is 2.58. The molecule has 42 valence electrons. The number of hydrazine groups is 1. The highest BCUT2D eigenvalue weighted by Gasteiger charge is 2.08. The van der Waals surface area contributed by atoms with Crippen molar-refractivity contribution >= 4 is 22.1 Å². The Morgan fingerprint density at radius 2 is 2.62 bits per heavy atom. The minimum absolute atomic E-state index is 0.236. The SMILES string of the molecule is C1=S2N=NC1=NNN2. The molecule has 0 radical (unpaired) electrons. The highest BCUT2D eigenvalue weighted by atomic mass is 32.2. The van der Waals surface area contributed by atoms with Gasteiger partial charge in [-0.2, -0.15) is 0 Å². The topological polar surface area (TPSA) is 61.1 Å². The van der Waals surface area contributed by atoms with E-state index in [2.05, 4.69) is 25.1 Å². The summed E-state index contributed by atoms with van der Waals surface area (Å²) in [5.74, 6) is 0.673. The van der Waals surface area contributed by atoms with Crippen molar-refractivity contribution in [2.75, 3.05) is 0 Å². The third-order valence-corrected chi connectivity index (χ3v) is 1.76. The van der Waals surface area contributed by atoms with Crippen LogP contribution in [0.15, 0.2) is 14.7 Å². The molecular weight excluding hydrogens is 126 g/mol. The zero-order valence-corrected chi connectivity index (χ0v) is 4.64. The molecule has 2 rings (SSSR count). The molecule has 0 saturated carbocycles. The van der Waals surface area contributed by atoms with Gasteiger partial charge in [-0.15, -0.1) is 19.6 Å². The normalized spacial score (nSPS) is 31.0. The van der Waals surface area contributed by atoms with E-state index in [0.717, 1.165) is 0 Å². The van der Waals surface area contributed by atoms with Gasteiger partial charge < -0.3 is 0 Å². The zero-order valence-electron chi connectivity index (χ0n) is 3.83. The van der Waals surface area contributed by atoms with E-state index in [1.165, 1.54) is 0 Å². The van der Waals surface area contributed by atoms with Crippen LogP contribution in [-0.2, 0) is 0 Å². The van der Waals surface area contributed by atoms with Crippen LogP contribution in [0.1, 0.15) is 0 Å². The number of nitrogens with one attached hydrogen (secondary N) is 2. The van der Waals surface area contributed by atoms with Crippen molar-refractivity contribution < 1.29 is 0 Å². The molecule has 2 N–H and O–H groups in total. The Labute approximate surface area is 48.0 Å². The van der Waals surface area contributed by atoms with Crippen molar-refractivity contribution in [2.45, 2.75) is 0 Å². The van der Waals surface area contributed by atoms with Crippen molar-refractivity contribution in [3.63, 3.8) is 0 Å². The Balaban J connectivity index is 2.49. The van der Waals surface area contributed by atoms with Gasteiger partial charge in [0.1, 0.15) is 0 Å². The molecule has 2 heterocycles. The number of fused-ring (bicyclic) bond motifs is 1. The Hall–Kier alpha value is -0.750. The maximum Gasteiger partial charge on any atom is 0.204 e. The third-order valence-electron chi connectivity index (χ3n) is 0.769. The predicted octanol–water partition coefficient (Wildman–Crippen LogP) is -0.225. The summed E-state index contributed by atoms with van der Waals surface area (Å²) >= 11 is 0. The number of rotatable bonds is 0. The van der Waals surface area contributed by atoms with Crippen molar-refractivity contribution in [1.29, 1.82) is 0 Å². The van der Waals surface area contributed by atoms with Crippen molar-refractivity contribution in [1.82, 2.24) is 10.4 Å². The molecule has 0 aromatic heterocycles. The number of hydrogen-bond donors (Lipinski definition) is 2. The Morgan fingerprint density at radius 1 is 1.62 bits per heavy atom. The van der Waals surface area contributed by atoms with Gasteiger partial charge in [-0.1, -0.05) is 0 Å². The van der Waals surface area contributed by atoms with Crippen molar-refractivity contribution in [2.24, 2.45) is 14.7 Å². The van der Waals surface area contributed by atoms with Crippen LogP contribution in [0.5, 0.6) is 0 Å². The van der Waals surface area contributed by atoms with E-state index >= 15 is 0 Å². The first-order valence-electron chi connectivity index (χ1n) is 2.03. The predicted molar refractivity (Wildman–Crippen MR) is 32.2 cm³/mol. The van der Waals surface area contributed by atoms with Crippen LogP contribution in [0.3, 0.4) is 0 Å². The first-order chi connectivity index (χ1) is 3.95. The van der Waals surface area contributed by atoms with Crippen LogP contribution in [-0.4, -0.2) is 11.2 Å². The second-order valence-corrected chi connectivity index (χ2v) is 2.53. The summed E-state index contributed by atoms with van der Waals surface area (Å²) < 4.78 is 3.79. The lowest BCUT2D eigenvalue weighted by Crippen LogP contribution is -2.24. The summed E-state index contributed by atoms with van der Waals surface area (Å²) in [7, 11) is -0.236. The molecule has 0 aromatic rings. The number of nitrogens with zero attached hydrogens (tertiary/aromatic N) is 3. The fourth-order valence-corrected chi connectivity index (χ4v) is 1.22. The number of amidine groups is 1. The minimum atomic E-state index is -0.236. The van der Waals surface area contributed by atoms with Crippen LogP contribution in [0.4, 0.5) is 0 Å². The molecule has 8 heavy (non-hydrogen) atoms. The van der Waals surface area contributed by atoms with Crippen LogP contribution in [0.25, 0.3) is 0 Å². The largest absolute Gasteiger partial charge is 0.230 e. The van der Waals surface area contributed by atoms with Gasteiger partial charge in [0, 0.05) is 16.2 Å². The molecule has 1 unspecified atom stereocenters. The molecule has 0 saturated heterocycles. The van der Waals surface area contributed by atoms with Gasteiger partial charge in [0.05, 0.1) is 0 Å². The molecule has 1 atom stereocenters. The highest BCUT2D eigenvalue weighted by molar-refractivity contribution is 8.13. The van der Waals surface area contributed by atoms with Gasteiger partial charge in [0.2, 0.25) is 5.84 Å². The van der Waals surface area contributed by atoms with Crippen LogP contribution < -0.4 is 10.4 Å². The molecular formula is C2H3N5S. The lowest BCUT2D eigenvalue weighted by atomic mass is 10.7. The molecule has 0 aliphatic carbocycles. The van der Waals surface area contributed by atoms with E-state index in [0.29, 0.717) is 5.84 Å². The molecule has 2 aliphatic heterocycles. The average molecular weight is 129 g/mol. The van der Waals surface area contributed by atoms with E-state index in [-0.39, 0.29) is 10.9 Å². The first-order valence-corrected chi connectivity index (χ1v) is 3.28. The lowest BCUT2D eigenvalue weighted by Gasteiger charge is -2.01. The lowest BCUT2D eigenvalue weighted by molar-refractivity contribution is 0.740. The Bertz CT molecular complexity index is 202. The molecule has 0 amide bonds. The van der Waals surface area contributed by atoms with E-state index in [4.69, 9.17) is 0 Å². The van der Waals surface area contributed by atoms with E-state index in [9.17, 15) is 0 Å². The van der Waals surface area contributed by atoms with E-state index < -0.39 is 0 Å². The minimum Gasteiger partial charge on any atom is -0.230 e. The summed E-state index contributed by atoms with van der Waals surface area (Å²) in [5, 5.41) is 9.30. The number of hydrogen-bond acceptors (Lipinski definition) is 5. The van der Waals surface area contributed by atoms with Crippen molar-refractivity contribution in [3.05, 3.63) is 0 Å². The van der Waals surface area contributed by atoms with Crippen LogP contribution >= 0.6 is 10.9 Å². The second kappa shape index (κ2) is 1.36. The van der Waals surface area contributed by atoms with Gasteiger partial charge in [-0.3, -0.25) is 0 Å². The summed E-state index contributed by atoms with van der Waals surface area (Å²) in [6.07, 6.45) is 0. The van der Waals surface area contributed by atoms with Crippen molar-refractivity contribution in [3.8, 4) is 0 Å². The smallest absolute Gasteiger partial charge is 0.204 e. The number of hydrazone groups is 1. The quantitative estimate of drug-likeness (QED) is 0.444. The summed E-state index contributed by atoms with van der Waals surface area (Å²) in [4.78, 5) is 2.78. The van der Waals surface area contributed by atoms with Crippen LogP contribution in [0.2, 0.25) is 0 Å². The molecule has 0 spiro atoms. The van der Waals surface area contributed by atoms with E-state index in [1.54, 1.807) is 0 Å². The Kier molecular flexibility index (Phi) is 0.708. The molecule has 6 heteroatoms. The Morgan fingerprint density at radius 3 is 3.38 bits per heavy atom. The van der Waals surface area contributed by atoms with E-state index in [1.807, 2.05) is 5.37 Å². The molecule has 5 nitrogen and oxygen atoms in total. The first kappa shape index (κ1) is 4.16. The molecule has 0 fully saturated rings. The maximum atomic E-state index is 3.79. The highest BCUT2D eigenvalue weighted by Crippen LogP contribution is 2.15. The summed E-state index contributed by atoms with van der Waals surface area (Å²) in [6, 6.07) is 0. The second-order valence-electron chi connectivity index (χ2n) is 1.30.